The average molecular weight is 195 g/mol. The maximum absolute atomic E-state index is 6.02. The van der Waals surface area contributed by atoms with Gasteiger partial charge < -0.3 is 4.40 Å². The van der Waals surface area contributed by atoms with E-state index < -0.39 is 0 Å². The molecular formula is C10H11ClN2. The van der Waals surface area contributed by atoms with Crippen LogP contribution in [0.3, 0.4) is 0 Å². The van der Waals surface area contributed by atoms with Gasteiger partial charge in [0.1, 0.15) is 0 Å². The largest absolute Gasteiger partial charge is 0.303 e. The molecule has 0 aliphatic rings. The van der Waals surface area contributed by atoms with Crippen LogP contribution < -0.4 is 0 Å². The molecule has 0 unspecified atom stereocenters. The van der Waals surface area contributed by atoms with E-state index in [0.717, 1.165) is 17.8 Å². The number of nitrogens with zero attached hydrogens (tertiary/aromatic N) is 2. The Morgan fingerprint density at radius 3 is 2.92 bits per heavy atom. The van der Waals surface area contributed by atoms with E-state index in [1.807, 2.05) is 22.7 Å². The van der Waals surface area contributed by atoms with Gasteiger partial charge >= 0.3 is 0 Å². The van der Waals surface area contributed by atoms with Crippen LogP contribution in [-0.4, -0.2) is 9.38 Å². The third-order valence-corrected chi connectivity index (χ3v) is 2.57. The first-order valence-corrected chi connectivity index (χ1v) is 4.74. The Morgan fingerprint density at radius 1 is 1.54 bits per heavy atom. The Morgan fingerprint density at radius 2 is 2.31 bits per heavy atom. The first kappa shape index (κ1) is 8.57. The summed E-state index contributed by atoms with van der Waals surface area (Å²) in [6, 6.07) is 3.80. The van der Waals surface area contributed by atoms with Gasteiger partial charge in [-0.1, -0.05) is 18.5 Å². The number of aromatic nitrogens is 2. The van der Waals surface area contributed by atoms with E-state index in [1.165, 1.54) is 5.69 Å². The first-order chi connectivity index (χ1) is 6.24. The first-order valence-electron chi connectivity index (χ1n) is 4.36. The number of imidazole rings is 1. The monoisotopic (exact) mass is 194 g/mol. The predicted octanol–water partition coefficient (Wildman–Crippen LogP) is 2.86. The quantitative estimate of drug-likeness (QED) is 0.683. The van der Waals surface area contributed by atoms with Gasteiger partial charge in [0.05, 0.1) is 10.7 Å². The summed E-state index contributed by atoms with van der Waals surface area (Å²) >= 11 is 6.02. The molecule has 0 fully saturated rings. The Balaban J connectivity index is 2.83. The molecule has 0 spiro atoms. The van der Waals surface area contributed by atoms with Crippen LogP contribution in [0.15, 0.2) is 18.3 Å². The van der Waals surface area contributed by atoms with Crippen molar-refractivity contribution in [3.8, 4) is 0 Å². The van der Waals surface area contributed by atoms with E-state index in [4.69, 9.17) is 11.6 Å². The molecule has 2 aromatic rings. The van der Waals surface area contributed by atoms with Gasteiger partial charge in [-0.15, -0.1) is 0 Å². The number of hydrogen-bond donors (Lipinski definition) is 0. The maximum Gasteiger partial charge on any atom is 0.156 e. The standard InChI is InChI=1S/C10H11ClN2/c1-3-9-7(2)13-6-4-5-8(11)10(13)12-9/h4-6H,3H2,1-2H3. The fraction of sp³-hybridized carbons (Fsp3) is 0.300. The zero-order valence-corrected chi connectivity index (χ0v) is 8.47. The lowest BCUT2D eigenvalue weighted by atomic mass is 10.3. The molecule has 0 N–H and O–H groups in total. The molecule has 2 rings (SSSR count). The minimum Gasteiger partial charge on any atom is -0.303 e. The number of pyridine rings is 1. The van der Waals surface area contributed by atoms with Gasteiger partial charge in [0, 0.05) is 11.9 Å². The summed E-state index contributed by atoms with van der Waals surface area (Å²) in [6.45, 7) is 4.16. The smallest absolute Gasteiger partial charge is 0.156 e. The van der Waals surface area contributed by atoms with Crippen LogP contribution in [0.1, 0.15) is 18.3 Å². The Bertz CT molecular complexity index is 445. The van der Waals surface area contributed by atoms with Crippen molar-refractivity contribution in [1.82, 2.24) is 9.38 Å². The van der Waals surface area contributed by atoms with Crippen LogP contribution in [0.2, 0.25) is 5.02 Å². The van der Waals surface area contributed by atoms with Gasteiger partial charge in [-0.25, -0.2) is 4.98 Å². The highest BCUT2D eigenvalue weighted by Gasteiger charge is 2.07. The van der Waals surface area contributed by atoms with Crippen molar-refractivity contribution in [3.63, 3.8) is 0 Å². The summed E-state index contributed by atoms with van der Waals surface area (Å²) in [5.74, 6) is 0. The lowest BCUT2D eigenvalue weighted by Crippen LogP contribution is -1.87. The SMILES string of the molecule is CCc1nc2c(Cl)cccn2c1C. The molecule has 0 atom stereocenters. The highest BCUT2D eigenvalue weighted by Crippen LogP contribution is 2.19. The van der Waals surface area contributed by atoms with Crippen LogP contribution in [0, 0.1) is 6.92 Å². The summed E-state index contributed by atoms with van der Waals surface area (Å²) in [7, 11) is 0. The average Bonchev–Trinajstić information content (AvgIpc) is 2.45. The zero-order chi connectivity index (χ0) is 9.42. The molecule has 2 heterocycles. The summed E-state index contributed by atoms with van der Waals surface area (Å²) in [5, 5.41) is 0.713. The van der Waals surface area contributed by atoms with Gasteiger partial charge in [-0.2, -0.15) is 0 Å². The van der Waals surface area contributed by atoms with Gasteiger partial charge in [-0.05, 0) is 25.5 Å². The fourth-order valence-corrected chi connectivity index (χ4v) is 1.74. The van der Waals surface area contributed by atoms with Crippen LogP contribution in [0.4, 0.5) is 0 Å². The molecule has 0 bridgehead atoms. The summed E-state index contributed by atoms with van der Waals surface area (Å²) < 4.78 is 2.03. The predicted molar refractivity (Wildman–Crippen MR) is 54.3 cm³/mol. The Labute approximate surface area is 82.2 Å². The van der Waals surface area contributed by atoms with Crippen LogP contribution in [0.25, 0.3) is 5.65 Å². The lowest BCUT2D eigenvalue weighted by Gasteiger charge is -1.96. The Kier molecular flexibility index (Phi) is 2.00. The van der Waals surface area contributed by atoms with Crippen molar-refractivity contribution < 1.29 is 0 Å². The second-order valence-corrected chi connectivity index (χ2v) is 3.45. The molecule has 2 nitrogen and oxygen atoms in total. The maximum atomic E-state index is 6.02. The summed E-state index contributed by atoms with van der Waals surface area (Å²) in [4.78, 5) is 4.46. The molecule has 2 aromatic heterocycles. The van der Waals surface area contributed by atoms with Gasteiger partial charge in [0.2, 0.25) is 0 Å². The fourth-order valence-electron chi connectivity index (χ4n) is 1.53. The molecule has 0 aliphatic heterocycles. The molecular weight excluding hydrogens is 184 g/mol. The summed E-state index contributed by atoms with van der Waals surface area (Å²) in [6.07, 6.45) is 2.94. The highest BCUT2D eigenvalue weighted by atomic mass is 35.5. The molecule has 0 saturated carbocycles. The van der Waals surface area contributed by atoms with Gasteiger partial charge in [0.15, 0.2) is 5.65 Å². The van der Waals surface area contributed by atoms with Crippen molar-refractivity contribution in [2.45, 2.75) is 20.3 Å². The van der Waals surface area contributed by atoms with E-state index in [-0.39, 0.29) is 0 Å². The van der Waals surface area contributed by atoms with E-state index in [2.05, 4.69) is 18.8 Å². The second-order valence-electron chi connectivity index (χ2n) is 3.05. The van der Waals surface area contributed by atoms with E-state index >= 15 is 0 Å². The van der Waals surface area contributed by atoms with E-state index in [0.29, 0.717) is 5.02 Å². The third-order valence-electron chi connectivity index (χ3n) is 2.27. The van der Waals surface area contributed by atoms with Crippen LogP contribution in [-0.2, 0) is 6.42 Å². The molecule has 13 heavy (non-hydrogen) atoms. The van der Waals surface area contributed by atoms with Gasteiger partial charge in [-0.3, -0.25) is 0 Å². The minimum absolute atomic E-state index is 0.713. The van der Waals surface area contributed by atoms with Crippen molar-refractivity contribution >= 4 is 17.2 Å². The topological polar surface area (TPSA) is 17.3 Å². The second kappa shape index (κ2) is 3.04. The molecule has 0 aromatic carbocycles. The normalized spacial score (nSPS) is 11.0. The summed E-state index contributed by atoms with van der Waals surface area (Å²) in [5.41, 5.74) is 3.16. The number of halogens is 1. The Hall–Kier alpha value is -1.02. The van der Waals surface area contributed by atoms with Gasteiger partial charge in [0.25, 0.3) is 0 Å². The minimum atomic E-state index is 0.713. The lowest BCUT2D eigenvalue weighted by molar-refractivity contribution is 1.02. The van der Waals surface area contributed by atoms with Crippen molar-refractivity contribution in [2.24, 2.45) is 0 Å². The van der Waals surface area contributed by atoms with Crippen molar-refractivity contribution in [3.05, 3.63) is 34.7 Å². The molecule has 68 valence electrons. The molecule has 0 amide bonds. The molecule has 0 radical (unpaired) electrons. The molecule has 0 saturated heterocycles. The van der Waals surface area contributed by atoms with Crippen LogP contribution in [0.5, 0.6) is 0 Å². The van der Waals surface area contributed by atoms with E-state index in [1.54, 1.807) is 0 Å². The van der Waals surface area contributed by atoms with Crippen molar-refractivity contribution in [1.29, 1.82) is 0 Å². The number of fused-ring (bicyclic) bond motifs is 1. The number of rotatable bonds is 1. The van der Waals surface area contributed by atoms with E-state index in [9.17, 15) is 0 Å². The van der Waals surface area contributed by atoms with Crippen molar-refractivity contribution in [2.75, 3.05) is 0 Å². The number of hydrogen-bond acceptors (Lipinski definition) is 1. The highest BCUT2D eigenvalue weighted by molar-refractivity contribution is 6.33. The molecule has 3 heteroatoms. The zero-order valence-electron chi connectivity index (χ0n) is 7.71. The van der Waals surface area contributed by atoms with Crippen LogP contribution >= 0.6 is 11.6 Å². The molecule has 0 aliphatic carbocycles. The third kappa shape index (κ3) is 1.22. The number of aryl methyl sites for hydroxylation is 2.